The van der Waals surface area contributed by atoms with Crippen molar-refractivity contribution < 1.29 is 0 Å². The highest BCUT2D eigenvalue weighted by atomic mass is 79.9. The van der Waals surface area contributed by atoms with E-state index in [-0.39, 0.29) is 0 Å². The van der Waals surface area contributed by atoms with Crippen molar-refractivity contribution in [2.75, 3.05) is 5.73 Å². The van der Waals surface area contributed by atoms with Gasteiger partial charge in [-0.25, -0.2) is 4.98 Å². The van der Waals surface area contributed by atoms with Crippen molar-refractivity contribution in [2.24, 2.45) is 0 Å². The van der Waals surface area contributed by atoms with Gasteiger partial charge in [-0.3, -0.25) is 0 Å². The monoisotopic (exact) mass is 403 g/mol. The summed E-state index contributed by atoms with van der Waals surface area (Å²) in [7, 11) is 0. The highest BCUT2D eigenvalue weighted by molar-refractivity contribution is 9.10. The fourth-order valence-electron chi connectivity index (χ4n) is 3.84. The molecule has 0 amide bonds. The topological polar surface area (TPSA) is 62.7 Å². The van der Waals surface area contributed by atoms with E-state index in [1.165, 1.54) is 5.56 Å². The molecule has 0 saturated carbocycles. The number of benzene rings is 2. The first-order valence-electron chi connectivity index (χ1n) is 8.69. The van der Waals surface area contributed by atoms with E-state index in [0.29, 0.717) is 17.3 Å². The van der Waals surface area contributed by atoms with Gasteiger partial charge in [-0.1, -0.05) is 58.4 Å². The van der Waals surface area contributed by atoms with Gasteiger partial charge in [0.05, 0.1) is 0 Å². The minimum absolute atomic E-state index is 0.335. The van der Waals surface area contributed by atoms with Gasteiger partial charge in [0.25, 0.3) is 0 Å². The highest BCUT2D eigenvalue weighted by Crippen LogP contribution is 2.40. The smallest absolute Gasteiger partial charge is 0.142 e. The van der Waals surface area contributed by atoms with Gasteiger partial charge >= 0.3 is 0 Å². The molecule has 1 aromatic heterocycles. The standard InChI is InChI=1S/C22H18BrN3/c23-17-9-6-15(7-10-17)21-18-12-16(14-4-2-1-3-5-14)8-11-20(18)26-22(25)19(21)13-24/h1-7,9-10,16H,8,11-12H2,(H2,25,26). The van der Waals surface area contributed by atoms with Gasteiger partial charge in [0.1, 0.15) is 17.5 Å². The number of nitrogens with two attached hydrogens (primary N) is 1. The summed E-state index contributed by atoms with van der Waals surface area (Å²) in [6.45, 7) is 0. The first kappa shape index (κ1) is 16.8. The lowest BCUT2D eigenvalue weighted by molar-refractivity contribution is 0.576. The summed E-state index contributed by atoms with van der Waals surface area (Å²) in [5.74, 6) is 0.775. The molecule has 0 aliphatic heterocycles. The summed E-state index contributed by atoms with van der Waals surface area (Å²) in [5.41, 5.74) is 12.1. The number of hydrogen-bond donors (Lipinski definition) is 1. The molecule has 1 unspecified atom stereocenters. The molecular weight excluding hydrogens is 386 g/mol. The second-order valence-electron chi connectivity index (χ2n) is 6.64. The molecule has 3 nitrogen and oxygen atoms in total. The van der Waals surface area contributed by atoms with Gasteiger partial charge < -0.3 is 5.73 Å². The number of nitriles is 1. The third-order valence-electron chi connectivity index (χ3n) is 5.11. The third-order valence-corrected chi connectivity index (χ3v) is 5.64. The Morgan fingerprint density at radius 2 is 1.81 bits per heavy atom. The molecule has 0 spiro atoms. The zero-order chi connectivity index (χ0) is 18.1. The van der Waals surface area contributed by atoms with E-state index in [1.54, 1.807) is 0 Å². The van der Waals surface area contributed by atoms with Crippen LogP contribution in [0.2, 0.25) is 0 Å². The summed E-state index contributed by atoms with van der Waals surface area (Å²) < 4.78 is 1.01. The van der Waals surface area contributed by atoms with Crippen LogP contribution in [0.1, 0.15) is 34.7 Å². The van der Waals surface area contributed by atoms with Crippen LogP contribution in [0.4, 0.5) is 5.82 Å². The summed E-state index contributed by atoms with van der Waals surface area (Å²) >= 11 is 3.48. The molecule has 3 aromatic rings. The van der Waals surface area contributed by atoms with Crippen LogP contribution >= 0.6 is 15.9 Å². The van der Waals surface area contributed by atoms with Crippen LogP contribution in [0.15, 0.2) is 59.1 Å². The maximum atomic E-state index is 9.72. The van der Waals surface area contributed by atoms with Crippen LogP contribution in [-0.2, 0) is 12.8 Å². The van der Waals surface area contributed by atoms with Crippen molar-refractivity contribution in [1.29, 1.82) is 5.26 Å². The Balaban J connectivity index is 1.87. The number of pyridine rings is 1. The van der Waals surface area contributed by atoms with E-state index in [9.17, 15) is 5.26 Å². The van der Waals surface area contributed by atoms with Crippen LogP contribution in [0.25, 0.3) is 11.1 Å². The van der Waals surface area contributed by atoms with Crippen molar-refractivity contribution >= 4 is 21.7 Å². The zero-order valence-corrected chi connectivity index (χ0v) is 15.8. The molecule has 1 aliphatic carbocycles. The van der Waals surface area contributed by atoms with Crippen molar-refractivity contribution in [3.63, 3.8) is 0 Å². The molecule has 1 aliphatic rings. The van der Waals surface area contributed by atoms with Gasteiger partial charge in [0.2, 0.25) is 0 Å². The summed E-state index contributed by atoms with van der Waals surface area (Å²) in [6, 6.07) is 20.9. The van der Waals surface area contributed by atoms with Crippen LogP contribution in [-0.4, -0.2) is 4.98 Å². The average molecular weight is 404 g/mol. The number of hydrogen-bond acceptors (Lipinski definition) is 3. The molecular formula is C22H18BrN3. The lowest BCUT2D eigenvalue weighted by atomic mass is 9.78. The Kier molecular flexibility index (Phi) is 4.48. The Labute approximate surface area is 161 Å². The molecule has 1 heterocycles. The fraction of sp³-hybridized carbons (Fsp3) is 0.182. The van der Waals surface area contributed by atoms with Gasteiger partial charge in [-0.05, 0) is 54.0 Å². The molecule has 2 aromatic carbocycles. The maximum Gasteiger partial charge on any atom is 0.142 e. The van der Waals surface area contributed by atoms with Crippen molar-refractivity contribution in [1.82, 2.24) is 4.98 Å². The largest absolute Gasteiger partial charge is 0.383 e. The number of rotatable bonds is 2. The SMILES string of the molecule is N#Cc1c(N)nc2c(c1-c1ccc(Br)cc1)CC(c1ccccc1)CC2. The third kappa shape index (κ3) is 3.00. The van der Waals surface area contributed by atoms with Crippen molar-refractivity contribution in [3.05, 3.63) is 81.5 Å². The second-order valence-corrected chi connectivity index (χ2v) is 7.56. The van der Waals surface area contributed by atoms with E-state index >= 15 is 0 Å². The zero-order valence-electron chi connectivity index (χ0n) is 14.2. The van der Waals surface area contributed by atoms with E-state index in [4.69, 9.17) is 5.73 Å². The Morgan fingerprint density at radius 1 is 1.08 bits per heavy atom. The first-order valence-corrected chi connectivity index (χ1v) is 9.49. The van der Waals surface area contributed by atoms with E-state index in [1.807, 2.05) is 30.3 Å². The molecule has 1 atom stereocenters. The molecule has 26 heavy (non-hydrogen) atoms. The Bertz CT molecular complexity index is 989. The van der Waals surface area contributed by atoms with Crippen LogP contribution in [0.5, 0.6) is 0 Å². The summed E-state index contributed by atoms with van der Waals surface area (Å²) in [4.78, 5) is 4.56. The minimum atomic E-state index is 0.335. The van der Waals surface area contributed by atoms with E-state index in [0.717, 1.165) is 46.1 Å². The second kappa shape index (κ2) is 6.93. The average Bonchev–Trinajstić information content (AvgIpc) is 2.68. The van der Waals surface area contributed by atoms with Gasteiger partial charge in [0, 0.05) is 15.7 Å². The van der Waals surface area contributed by atoms with Crippen molar-refractivity contribution in [2.45, 2.75) is 25.2 Å². The lowest BCUT2D eigenvalue weighted by Crippen LogP contribution is -2.17. The van der Waals surface area contributed by atoms with Crippen LogP contribution in [0.3, 0.4) is 0 Å². The number of anilines is 1. The molecule has 0 saturated heterocycles. The molecule has 2 N–H and O–H groups in total. The summed E-state index contributed by atoms with van der Waals surface area (Å²) in [6.07, 6.45) is 2.82. The Hall–Kier alpha value is -2.64. The van der Waals surface area contributed by atoms with E-state index in [2.05, 4.69) is 51.2 Å². The van der Waals surface area contributed by atoms with Gasteiger partial charge in [0.15, 0.2) is 0 Å². The van der Waals surface area contributed by atoms with Crippen LogP contribution in [0, 0.1) is 11.3 Å². The molecule has 128 valence electrons. The van der Waals surface area contributed by atoms with Crippen molar-refractivity contribution in [3.8, 4) is 17.2 Å². The molecule has 0 radical (unpaired) electrons. The number of nitrogen functional groups attached to an aromatic ring is 1. The van der Waals surface area contributed by atoms with Gasteiger partial charge in [-0.2, -0.15) is 5.26 Å². The lowest BCUT2D eigenvalue weighted by Gasteiger charge is -2.27. The normalized spacial score (nSPS) is 15.9. The van der Waals surface area contributed by atoms with Crippen LogP contribution < -0.4 is 5.73 Å². The summed E-state index contributed by atoms with van der Waals surface area (Å²) in [5, 5.41) is 9.72. The number of nitrogens with zero attached hydrogens (tertiary/aromatic N) is 2. The number of halogens is 1. The quantitative estimate of drug-likeness (QED) is 0.636. The number of aryl methyl sites for hydroxylation is 1. The van der Waals surface area contributed by atoms with E-state index < -0.39 is 0 Å². The highest BCUT2D eigenvalue weighted by Gasteiger charge is 2.27. The predicted molar refractivity (Wildman–Crippen MR) is 108 cm³/mol. The number of aromatic nitrogens is 1. The first-order chi connectivity index (χ1) is 12.7. The molecule has 4 rings (SSSR count). The number of fused-ring (bicyclic) bond motifs is 1. The van der Waals surface area contributed by atoms with Gasteiger partial charge in [-0.15, -0.1) is 0 Å². The molecule has 0 fully saturated rings. The Morgan fingerprint density at radius 3 is 2.50 bits per heavy atom. The molecule has 0 bridgehead atoms. The maximum absolute atomic E-state index is 9.72. The fourth-order valence-corrected chi connectivity index (χ4v) is 4.10. The minimum Gasteiger partial charge on any atom is -0.383 e. The molecule has 4 heteroatoms. The predicted octanol–water partition coefficient (Wildman–Crippen LogP) is 5.24.